The number of hydrogen-bond acceptors (Lipinski definition) is 5. The Morgan fingerprint density at radius 3 is 2.50 bits per heavy atom. The van der Waals surface area contributed by atoms with Crippen molar-refractivity contribution in [2.24, 2.45) is 5.10 Å². The van der Waals surface area contributed by atoms with Gasteiger partial charge >= 0.3 is 5.69 Å². The summed E-state index contributed by atoms with van der Waals surface area (Å²) in [6.45, 7) is 1.69. The van der Waals surface area contributed by atoms with Gasteiger partial charge in [-0.25, -0.2) is 10.2 Å². The van der Waals surface area contributed by atoms with E-state index >= 15 is 0 Å². The molecule has 2 rings (SSSR count). The van der Waals surface area contributed by atoms with Crippen LogP contribution in [0.25, 0.3) is 0 Å². The first-order valence-electron chi connectivity index (χ1n) is 6.50. The minimum atomic E-state index is -0.824. The summed E-state index contributed by atoms with van der Waals surface area (Å²) in [4.78, 5) is 38.7. The molecule has 1 aromatic heterocycles. The second-order valence-corrected chi connectivity index (χ2v) is 4.35. The zero-order valence-corrected chi connectivity index (χ0v) is 11.7. The number of H-pyrrole nitrogens is 2. The van der Waals surface area contributed by atoms with Crippen LogP contribution in [0.3, 0.4) is 0 Å². The topological polar surface area (TPSA) is 127 Å². The summed E-state index contributed by atoms with van der Waals surface area (Å²) in [5.41, 5.74) is 1.06. The summed E-state index contributed by atoms with van der Waals surface area (Å²) in [6.07, 6.45) is 0.262. The predicted molar refractivity (Wildman–Crippen MR) is 80.1 cm³/mol. The minimum Gasteiger partial charge on any atom is -0.494 e. The molecule has 0 bridgehead atoms. The van der Waals surface area contributed by atoms with Gasteiger partial charge in [-0.1, -0.05) is 25.1 Å². The van der Waals surface area contributed by atoms with Gasteiger partial charge in [0.1, 0.15) is 5.56 Å². The number of rotatable bonds is 4. The molecule has 0 saturated heterocycles. The summed E-state index contributed by atoms with van der Waals surface area (Å²) in [6, 6.07) is 8.41. The third-order valence-electron chi connectivity index (χ3n) is 2.87. The lowest BCUT2D eigenvalue weighted by atomic mass is 10.1. The smallest absolute Gasteiger partial charge is 0.328 e. The SMILES string of the molecule is CC/C(=N\NC(=O)c1ccccc1)c1c(O)[nH]c(=O)[nH]c1=O. The van der Waals surface area contributed by atoms with Crippen LogP contribution in [-0.4, -0.2) is 26.7 Å². The second-order valence-electron chi connectivity index (χ2n) is 4.35. The van der Waals surface area contributed by atoms with E-state index in [-0.39, 0.29) is 17.7 Å². The molecule has 0 unspecified atom stereocenters. The Kier molecular flexibility index (Phi) is 4.52. The number of carbonyl (C=O) groups excluding carboxylic acids is 1. The van der Waals surface area contributed by atoms with Gasteiger partial charge < -0.3 is 5.11 Å². The molecule has 114 valence electrons. The lowest BCUT2D eigenvalue weighted by molar-refractivity contribution is 0.0954. The normalized spacial score (nSPS) is 11.2. The van der Waals surface area contributed by atoms with Crippen LogP contribution in [-0.2, 0) is 0 Å². The van der Waals surface area contributed by atoms with Crippen molar-refractivity contribution in [3.63, 3.8) is 0 Å². The molecule has 1 aromatic carbocycles. The molecule has 0 spiro atoms. The van der Waals surface area contributed by atoms with Crippen LogP contribution < -0.4 is 16.7 Å². The highest BCUT2D eigenvalue weighted by Gasteiger charge is 2.15. The van der Waals surface area contributed by atoms with Crippen molar-refractivity contribution in [3.8, 4) is 5.88 Å². The molecule has 0 aliphatic rings. The van der Waals surface area contributed by atoms with Crippen molar-refractivity contribution in [3.05, 3.63) is 62.3 Å². The van der Waals surface area contributed by atoms with Crippen LogP contribution in [0.15, 0.2) is 45.0 Å². The molecule has 22 heavy (non-hydrogen) atoms. The maximum atomic E-state index is 11.9. The highest BCUT2D eigenvalue weighted by atomic mass is 16.3. The first kappa shape index (κ1) is 15.2. The molecule has 0 aliphatic carbocycles. The lowest BCUT2D eigenvalue weighted by Crippen LogP contribution is -2.29. The Morgan fingerprint density at radius 2 is 1.91 bits per heavy atom. The van der Waals surface area contributed by atoms with Gasteiger partial charge in [-0.3, -0.25) is 19.6 Å². The summed E-state index contributed by atoms with van der Waals surface area (Å²) >= 11 is 0. The number of benzene rings is 1. The van der Waals surface area contributed by atoms with Crippen molar-refractivity contribution in [2.75, 3.05) is 0 Å². The van der Waals surface area contributed by atoms with Crippen LogP contribution >= 0.6 is 0 Å². The van der Waals surface area contributed by atoms with Crippen molar-refractivity contribution < 1.29 is 9.90 Å². The Bertz CT molecular complexity index is 821. The van der Waals surface area contributed by atoms with E-state index in [0.717, 1.165) is 0 Å². The van der Waals surface area contributed by atoms with E-state index in [9.17, 15) is 19.5 Å². The Labute approximate surface area is 124 Å². The van der Waals surface area contributed by atoms with E-state index < -0.39 is 23.0 Å². The highest BCUT2D eigenvalue weighted by molar-refractivity contribution is 6.03. The third kappa shape index (κ3) is 3.29. The molecule has 0 saturated carbocycles. The molecule has 8 heteroatoms. The first-order valence-corrected chi connectivity index (χ1v) is 6.50. The average Bonchev–Trinajstić information content (AvgIpc) is 2.50. The van der Waals surface area contributed by atoms with Gasteiger partial charge in [0.15, 0.2) is 0 Å². The van der Waals surface area contributed by atoms with E-state index in [1.165, 1.54) is 0 Å². The summed E-state index contributed by atoms with van der Waals surface area (Å²) < 4.78 is 0. The lowest BCUT2D eigenvalue weighted by Gasteiger charge is -2.06. The number of aromatic amines is 2. The van der Waals surface area contributed by atoms with E-state index in [2.05, 4.69) is 15.5 Å². The van der Waals surface area contributed by atoms with Crippen LogP contribution in [0.2, 0.25) is 0 Å². The van der Waals surface area contributed by atoms with E-state index in [1.807, 2.05) is 4.98 Å². The molecule has 2 aromatic rings. The second kappa shape index (κ2) is 6.53. The molecule has 4 N–H and O–H groups in total. The zero-order valence-electron chi connectivity index (χ0n) is 11.7. The molecule has 0 aliphatic heterocycles. The fourth-order valence-corrected chi connectivity index (χ4v) is 1.83. The van der Waals surface area contributed by atoms with Crippen molar-refractivity contribution in [1.29, 1.82) is 0 Å². The number of hydrogen-bond donors (Lipinski definition) is 4. The number of amides is 1. The van der Waals surface area contributed by atoms with Crippen LogP contribution in [0.1, 0.15) is 29.3 Å². The molecule has 0 atom stereocenters. The summed E-state index contributed by atoms with van der Waals surface area (Å²) in [5.74, 6) is -1.05. The maximum absolute atomic E-state index is 11.9. The Morgan fingerprint density at radius 1 is 1.23 bits per heavy atom. The van der Waals surface area contributed by atoms with Gasteiger partial charge in [0.2, 0.25) is 5.88 Å². The summed E-state index contributed by atoms with van der Waals surface area (Å²) in [7, 11) is 0. The van der Waals surface area contributed by atoms with Gasteiger partial charge in [0.25, 0.3) is 11.5 Å². The van der Waals surface area contributed by atoms with Gasteiger partial charge in [-0.05, 0) is 18.6 Å². The van der Waals surface area contributed by atoms with Gasteiger partial charge in [0.05, 0.1) is 5.71 Å². The van der Waals surface area contributed by atoms with E-state index in [4.69, 9.17) is 0 Å². The van der Waals surface area contributed by atoms with Crippen LogP contribution in [0.4, 0.5) is 0 Å². The molecule has 1 heterocycles. The van der Waals surface area contributed by atoms with Gasteiger partial charge in [-0.15, -0.1) is 0 Å². The number of carbonyl (C=O) groups is 1. The molecule has 0 radical (unpaired) electrons. The Hall–Kier alpha value is -3.16. The van der Waals surface area contributed by atoms with Crippen molar-refractivity contribution in [2.45, 2.75) is 13.3 Å². The van der Waals surface area contributed by atoms with E-state index in [1.54, 1.807) is 37.3 Å². The third-order valence-corrected chi connectivity index (χ3v) is 2.87. The van der Waals surface area contributed by atoms with E-state index in [0.29, 0.717) is 5.56 Å². The fourth-order valence-electron chi connectivity index (χ4n) is 1.83. The van der Waals surface area contributed by atoms with Crippen LogP contribution in [0.5, 0.6) is 5.88 Å². The van der Waals surface area contributed by atoms with Crippen LogP contribution in [0, 0.1) is 0 Å². The van der Waals surface area contributed by atoms with Crippen molar-refractivity contribution in [1.82, 2.24) is 15.4 Å². The number of aromatic nitrogens is 2. The Balaban J connectivity index is 2.31. The fraction of sp³-hybridized carbons (Fsp3) is 0.143. The monoisotopic (exact) mass is 302 g/mol. The highest BCUT2D eigenvalue weighted by Crippen LogP contribution is 2.09. The average molecular weight is 302 g/mol. The zero-order chi connectivity index (χ0) is 16.1. The number of nitrogens with zero attached hydrogens (tertiary/aromatic N) is 1. The first-order chi connectivity index (χ1) is 10.5. The standard InChI is InChI=1S/C14H14N4O4/c1-2-9(10-12(20)15-14(22)16-13(10)21)17-18-11(19)8-6-4-3-5-7-8/h3-7H,2H2,1H3,(H,18,19)(H3,15,16,20,21,22)/b17-9+. The number of aromatic hydroxyl groups is 1. The predicted octanol–water partition coefficient (Wildman–Crippen LogP) is 0.313. The summed E-state index contributed by atoms with van der Waals surface area (Å²) in [5, 5.41) is 13.5. The molecule has 1 amide bonds. The molecular weight excluding hydrogens is 288 g/mol. The quantitative estimate of drug-likeness (QED) is 0.479. The number of nitrogens with one attached hydrogen (secondary N) is 3. The molecule has 0 fully saturated rings. The molecular formula is C14H14N4O4. The maximum Gasteiger partial charge on any atom is 0.328 e. The minimum absolute atomic E-state index is 0.138. The van der Waals surface area contributed by atoms with Gasteiger partial charge in [-0.2, -0.15) is 5.10 Å². The largest absolute Gasteiger partial charge is 0.494 e. The van der Waals surface area contributed by atoms with Crippen molar-refractivity contribution >= 4 is 11.6 Å². The van der Waals surface area contributed by atoms with Gasteiger partial charge in [0, 0.05) is 5.56 Å². The molecule has 8 nitrogen and oxygen atoms in total. The number of hydrazone groups is 1.